The highest BCUT2D eigenvalue weighted by Gasteiger charge is 2.37. The van der Waals surface area contributed by atoms with Crippen molar-refractivity contribution in [1.82, 2.24) is 0 Å². The van der Waals surface area contributed by atoms with Crippen molar-refractivity contribution in [3.05, 3.63) is 28.0 Å². The van der Waals surface area contributed by atoms with E-state index in [1.54, 1.807) is 0 Å². The molecule has 0 aliphatic heterocycles. The lowest BCUT2D eigenvalue weighted by molar-refractivity contribution is 0.0532. The van der Waals surface area contributed by atoms with Gasteiger partial charge in [-0.3, -0.25) is 0 Å². The van der Waals surface area contributed by atoms with Crippen LogP contribution in [-0.2, 0) is 9.16 Å². The molecule has 1 heterocycles. The smallest absolute Gasteiger partial charge is 0.348 e. The van der Waals surface area contributed by atoms with Crippen molar-refractivity contribution in [2.75, 3.05) is 13.2 Å². The third-order valence-electron chi connectivity index (χ3n) is 4.21. The molecule has 0 aromatic carbocycles. The molecule has 0 fully saturated rings. The van der Waals surface area contributed by atoms with Crippen molar-refractivity contribution < 1.29 is 14.0 Å². The van der Waals surface area contributed by atoms with E-state index in [0.717, 1.165) is 11.5 Å². The number of hydrogen-bond donors (Lipinski definition) is 0. The first-order valence-corrected chi connectivity index (χ1v) is 11.9. The standard InChI is InChI=1S/C18H30O3SSi/c1-8-20-17(19)16-12-11-15(22-16)10-9-14(2)13-21-23(6,7)18(3,4)5/h9-12,14H,8,13H2,1-7H3/b10-9+/t14-/m1/s1. The zero-order valence-electron chi connectivity index (χ0n) is 15.4. The van der Waals surface area contributed by atoms with Crippen LogP contribution < -0.4 is 0 Å². The maximum atomic E-state index is 11.7. The summed E-state index contributed by atoms with van der Waals surface area (Å²) < 4.78 is 11.2. The van der Waals surface area contributed by atoms with Gasteiger partial charge in [0.1, 0.15) is 4.88 Å². The lowest BCUT2D eigenvalue weighted by Gasteiger charge is -2.36. The maximum absolute atomic E-state index is 11.7. The fraction of sp³-hybridized carbons (Fsp3) is 0.611. The summed E-state index contributed by atoms with van der Waals surface area (Å²) >= 11 is 1.46. The normalized spacial score (nSPS) is 14.2. The molecule has 0 N–H and O–H groups in total. The van der Waals surface area contributed by atoms with Gasteiger partial charge in [0.2, 0.25) is 0 Å². The molecule has 0 saturated heterocycles. The molecule has 130 valence electrons. The Morgan fingerprint density at radius 3 is 2.57 bits per heavy atom. The summed E-state index contributed by atoms with van der Waals surface area (Å²) in [5.74, 6) is 0.101. The summed E-state index contributed by atoms with van der Waals surface area (Å²) in [6.07, 6.45) is 4.21. The molecule has 0 unspecified atom stereocenters. The second kappa shape index (κ2) is 8.26. The van der Waals surface area contributed by atoms with Crippen molar-refractivity contribution in [1.29, 1.82) is 0 Å². The van der Waals surface area contributed by atoms with E-state index in [-0.39, 0.29) is 11.0 Å². The molecule has 1 aromatic rings. The van der Waals surface area contributed by atoms with Gasteiger partial charge < -0.3 is 9.16 Å². The van der Waals surface area contributed by atoms with E-state index in [0.29, 0.717) is 17.4 Å². The van der Waals surface area contributed by atoms with Crippen LogP contribution >= 0.6 is 11.3 Å². The van der Waals surface area contributed by atoms with Gasteiger partial charge in [-0.05, 0) is 49.2 Å². The maximum Gasteiger partial charge on any atom is 0.348 e. The van der Waals surface area contributed by atoms with Crippen LogP contribution in [-0.4, -0.2) is 27.5 Å². The Labute approximate surface area is 145 Å². The van der Waals surface area contributed by atoms with Gasteiger partial charge in [0.05, 0.1) is 6.61 Å². The molecule has 0 aliphatic carbocycles. The number of esters is 1. The van der Waals surface area contributed by atoms with Gasteiger partial charge in [-0.25, -0.2) is 4.79 Å². The summed E-state index contributed by atoms with van der Waals surface area (Å²) in [4.78, 5) is 13.4. The second-order valence-electron chi connectivity index (χ2n) is 7.33. The SMILES string of the molecule is CCOC(=O)c1ccc(/C=C/[C@@H](C)CO[Si](C)(C)C(C)(C)C)s1. The van der Waals surface area contributed by atoms with Crippen molar-refractivity contribution in [3.63, 3.8) is 0 Å². The Hall–Kier alpha value is -0.913. The molecule has 0 amide bonds. The topological polar surface area (TPSA) is 35.5 Å². The highest BCUT2D eigenvalue weighted by atomic mass is 32.1. The Kier molecular flexibility index (Phi) is 7.23. The average Bonchev–Trinajstić information content (AvgIpc) is 2.91. The summed E-state index contributed by atoms with van der Waals surface area (Å²) in [5, 5.41) is 0.235. The minimum Gasteiger partial charge on any atom is -0.462 e. The van der Waals surface area contributed by atoms with Crippen LogP contribution in [0.15, 0.2) is 18.2 Å². The summed E-state index contributed by atoms with van der Waals surface area (Å²) in [6, 6.07) is 3.77. The van der Waals surface area contributed by atoms with Crippen LogP contribution in [0.1, 0.15) is 49.2 Å². The van der Waals surface area contributed by atoms with Crippen LogP contribution in [0.3, 0.4) is 0 Å². The summed E-state index contributed by atoms with van der Waals surface area (Å²) in [6.45, 7) is 16.4. The molecule has 0 aliphatic rings. The van der Waals surface area contributed by atoms with E-state index >= 15 is 0 Å². The molecule has 1 atom stereocenters. The predicted molar refractivity (Wildman–Crippen MR) is 102 cm³/mol. The van der Waals surface area contributed by atoms with Gasteiger partial charge in [-0.2, -0.15) is 0 Å². The monoisotopic (exact) mass is 354 g/mol. The van der Waals surface area contributed by atoms with Gasteiger partial charge in [-0.15, -0.1) is 11.3 Å². The largest absolute Gasteiger partial charge is 0.462 e. The number of carbonyl (C=O) groups excluding carboxylic acids is 1. The van der Waals surface area contributed by atoms with Gasteiger partial charge in [-0.1, -0.05) is 33.8 Å². The average molecular weight is 355 g/mol. The Morgan fingerprint density at radius 1 is 1.35 bits per heavy atom. The highest BCUT2D eigenvalue weighted by molar-refractivity contribution is 7.14. The highest BCUT2D eigenvalue weighted by Crippen LogP contribution is 2.36. The van der Waals surface area contributed by atoms with Gasteiger partial charge >= 0.3 is 5.97 Å². The van der Waals surface area contributed by atoms with Crippen LogP contribution in [0, 0.1) is 5.92 Å². The van der Waals surface area contributed by atoms with E-state index in [9.17, 15) is 4.79 Å². The van der Waals surface area contributed by atoms with Gasteiger partial charge in [0, 0.05) is 11.5 Å². The van der Waals surface area contributed by atoms with Crippen molar-refractivity contribution >= 4 is 31.7 Å². The van der Waals surface area contributed by atoms with Crippen molar-refractivity contribution in [2.45, 2.75) is 52.8 Å². The lowest BCUT2D eigenvalue weighted by Crippen LogP contribution is -2.41. The fourth-order valence-electron chi connectivity index (χ4n) is 1.63. The molecule has 0 bridgehead atoms. The fourth-order valence-corrected chi connectivity index (χ4v) is 3.55. The molecule has 0 spiro atoms. The molecule has 3 nitrogen and oxygen atoms in total. The zero-order valence-corrected chi connectivity index (χ0v) is 17.3. The predicted octanol–water partition coefficient (Wildman–Crippen LogP) is 5.60. The first kappa shape index (κ1) is 20.1. The van der Waals surface area contributed by atoms with Crippen LogP contribution in [0.25, 0.3) is 6.08 Å². The van der Waals surface area contributed by atoms with E-state index in [1.807, 2.05) is 19.1 Å². The van der Waals surface area contributed by atoms with E-state index < -0.39 is 8.32 Å². The molecule has 1 aromatic heterocycles. The molecule has 23 heavy (non-hydrogen) atoms. The summed E-state index contributed by atoms with van der Waals surface area (Å²) in [7, 11) is -1.69. The minimum absolute atomic E-state index is 0.235. The molecule has 0 radical (unpaired) electrons. The number of ether oxygens (including phenoxy) is 1. The molecule has 1 rings (SSSR count). The second-order valence-corrected chi connectivity index (χ2v) is 13.3. The van der Waals surface area contributed by atoms with Crippen LogP contribution in [0.5, 0.6) is 0 Å². The van der Waals surface area contributed by atoms with Gasteiger partial charge in [0.25, 0.3) is 0 Å². The summed E-state index contributed by atoms with van der Waals surface area (Å²) in [5.41, 5.74) is 0. The van der Waals surface area contributed by atoms with E-state index in [4.69, 9.17) is 9.16 Å². The van der Waals surface area contributed by atoms with Crippen molar-refractivity contribution in [2.24, 2.45) is 5.92 Å². The molecule has 5 heteroatoms. The van der Waals surface area contributed by atoms with Gasteiger partial charge in [0.15, 0.2) is 8.32 Å². The third kappa shape index (κ3) is 6.24. The van der Waals surface area contributed by atoms with E-state index in [2.05, 4.69) is 52.9 Å². The first-order valence-electron chi connectivity index (χ1n) is 8.16. The zero-order chi connectivity index (χ0) is 17.7. The minimum atomic E-state index is -1.69. The Morgan fingerprint density at radius 2 is 2.00 bits per heavy atom. The molecular weight excluding hydrogens is 324 g/mol. The lowest BCUT2D eigenvalue weighted by atomic mass is 10.2. The Bertz CT molecular complexity index is 541. The Balaban J connectivity index is 2.56. The number of hydrogen-bond acceptors (Lipinski definition) is 4. The number of rotatable bonds is 7. The number of thiophene rings is 1. The first-order chi connectivity index (χ1) is 10.6. The van der Waals surface area contributed by atoms with E-state index in [1.165, 1.54) is 11.3 Å². The third-order valence-corrected chi connectivity index (χ3v) is 9.74. The van der Waals surface area contributed by atoms with Crippen molar-refractivity contribution in [3.8, 4) is 0 Å². The molecular formula is C18H30O3SSi. The molecule has 0 saturated carbocycles. The van der Waals surface area contributed by atoms with Crippen LogP contribution in [0.4, 0.5) is 0 Å². The van der Waals surface area contributed by atoms with Crippen LogP contribution in [0.2, 0.25) is 18.1 Å². The number of carbonyl (C=O) groups is 1. The quantitative estimate of drug-likeness (QED) is 0.472.